The number of hydrogen-bond acceptors (Lipinski definition) is 6. The van der Waals surface area contributed by atoms with Gasteiger partial charge in [-0.25, -0.2) is 0 Å². The Kier molecular flexibility index (Phi) is 9.70. The highest BCUT2D eigenvalue weighted by Gasteiger charge is 2.37. The highest BCUT2D eigenvalue weighted by Crippen LogP contribution is 2.18. The highest BCUT2D eigenvalue weighted by molar-refractivity contribution is 5.95. The summed E-state index contributed by atoms with van der Waals surface area (Å²) in [4.78, 5) is 61.6. The van der Waals surface area contributed by atoms with Crippen molar-refractivity contribution >= 4 is 29.6 Å². The van der Waals surface area contributed by atoms with E-state index < -0.39 is 60.3 Å². The van der Waals surface area contributed by atoms with Crippen molar-refractivity contribution < 1.29 is 29.1 Å². The van der Waals surface area contributed by atoms with Crippen molar-refractivity contribution in [3.8, 4) is 0 Å². The zero-order valence-electron chi connectivity index (χ0n) is 17.9. The Morgan fingerprint density at radius 2 is 1.70 bits per heavy atom. The van der Waals surface area contributed by atoms with Gasteiger partial charge in [-0.2, -0.15) is 0 Å². The van der Waals surface area contributed by atoms with E-state index in [1.54, 1.807) is 0 Å². The molecule has 1 fully saturated rings. The van der Waals surface area contributed by atoms with Crippen LogP contribution in [0.5, 0.6) is 0 Å². The van der Waals surface area contributed by atoms with Crippen LogP contribution in [-0.4, -0.2) is 76.9 Å². The number of likely N-dealkylation sites (tertiary alicyclic amines) is 1. The SMILES string of the molecule is CC(C)C[C@H](NC(=O)[C@H](C)N)C(=O)N[C@@H](C)C(=O)N1CCC[C@H]1C(=O)NCC(=O)O. The standard InChI is InChI=1S/C19H33N5O6/c1-10(2)8-13(23-16(27)11(3)20)17(28)22-12(4)19(30)24-7-5-6-14(24)18(29)21-9-15(25)26/h10-14H,5-9,20H2,1-4H3,(H,21,29)(H,22,28)(H,23,27)(H,25,26)/t11-,12-,13-,14-/m0/s1. The smallest absolute Gasteiger partial charge is 0.322 e. The number of amides is 4. The van der Waals surface area contributed by atoms with Crippen LogP contribution in [0.2, 0.25) is 0 Å². The lowest BCUT2D eigenvalue weighted by Gasteiger charge is -2.28. The minimum atomic E-state index is -1.18. The molecule has 11 heteroatoms. The van der Waals surface area contributed by atoms with Gasteiger partial charge >= 0.3 is 5.97 Å². The minimum Gasteiger partial charge on any atom is -0.480 e. The molecule has 0 spiro atoms. The van der Waals surface area contributed by atoms with Gasteiger partial charge in [0.1, 0.15) is 24.7 Å². The normalized spacial score (nSPS) is 19.0. The van der Waals surface area contributed by atoms with Crippen LogP contribution < -0.4 is 21.7 Å². The van der Waals surface area contributed by atoms with Crippen LogP contribution in [0.3, 0.4) is 0 Å². The van der Waals surface area contributed by atoms with Crippen LogP contribution in [0.25, 0.3) is 0 Å². The van der Waals surface area contributed by atoms with Gasteiger partial charge in [0.05, 0.1) is 6.04 Å². The molecule has 11 nitrogen and oxygen atoms in total. The van der Waals surface area contributed by atoms with E-state index in [0.29, 0.717) is 25.8 Å². The molecular weight excluding hydrogens is 394 g/mol. The number of carboxylic acid groups (broad SMARTS) is 1. The number of hydrogen-bond donors (Lipinski definition) is 5. The molecule has 4 atom stereocenters. The minimum absolute atomic E-state index is 0.112. The number of nitrogens with one attached hydrogen (secondary N) is 3. The van der Waals surface area contributed by atoms with Gasteiger partial charge in [0.15, 0.2) is 0 Å². The molecule has 0 aliphatic carbocycles. The summed E-state index contributed by atoms with van der Waals surface area (Å²) >= 11 is 0. The van der Waals surface area contributed by atoms with Crippen molar-refractivity contribution in [3.05, 3.63) is 0 Å². The molecule has 1 aliphatic rings. The van der Waals surface area contributed by atoms with E-state index in [1.165, 1.54) is 18.7 Å². The van der Waals surface area contributed by atoms with Gasteiger partial charge in [-0.3, -0.25) is 24.0 Å². The molecule has 0 bridgehead atoms. The van der Waals surface area contributed by atoms with Crippen molar-refractivity contribution in [1.29, 1.82) is 0 Å². The topological polar surface area (TPSA) is 171 Å². The molecule has 1 aliphatic heterocycles. The van der Waals surface area contributed by atoms with E-state index in [-0.39, 0.29) is 5.92 Å². The maximum Gasteiger partial charge on any atom is 0.322 e. The average Bonchev–Trinajstić information content (AvgIpc) is 3.13. The van der Waals surface area contributed by atoms with E-state index in [1.807, 2.05) is 13.8 Å². The molecule has 1 heterocycles. The summed E-state index contributed by atoms with van der Waals surface area (Å²) < 4.78 is 0. The first kappa shape index (κ1) is 25.3. The second-order valence-corrected chi connectivity index (χ2v) is 8.01. The van der Waals surface area contributed by atoms with Crippen LogP contribution in [0.4, 0.5) is 0 Å². The average molecular weight is 428 g/mol. The summed E-state index contributed by atoms with van der Waals surface area (Å²) in [5, 5.41) is 16.2. The Labute approximate surface area is 176 Å². The summed E-state index contributed by atoms with van der Waals surface area (Å²) in [5.41, 5.74) is 5.56. The number of carboxylic acids is 1. The predicted octanol–water partition coefficient (Wildman–Crippen LogP) is -1.44. The largest absolute Gasteiger partial charge is 0.480 e. The molecule has 0 radical (unpaired) electrons. The first-order chi connectivity index (χ1) is 13.9. The number of nitrogens with two attached hydrogens (primary N) is 1. The van der Waals surface area contributed by atoms with Crippen molar-refractivity contribution in [1.82, 2.24) is 20.9 Å². The molecule has 0 aromatic heterocycles. The van der Waals surface area contributed by atoms with E-state index in [9.17, 15) is 24.0 Å². The van der Waals surface area contributed by atoms with Gasteiger partial charge in [0, 0.05) is 6.54 Å². The van der Waals surface area contributed by atoms with Gasteiger partial charge in [-0.15, -0.1) is 0 Å². The van der Waals surface area contributed by atoms with Crippen molar-refractivity contribution in [3.63, 3.8) is 0 Å². The Morgan fingerprint density at radius 3 is 2.23 bits per heavy atom. The van der Waals surface area contributed by atoms with Crippen LogP contribution >= 0.6 is 0 Å². The summed E-state index contributed by atoms with van der Waals surface area (Å²) in [6, 6.07) is -3.32. The van der Waals surface area contributed by atoms with Gasteiger partial charge in [-0.1, -0.05) is 13.8 Å². The van der Waals surface area contributed by atoms with E-state index >= 15 is 0 Å². The lowest BCUT2D eigenvalue weighted by Crippen LogP contribution is -2.57. The van der Waals surface area contributed by atoms with Crippen molar-refractivity contribution in [2.75, 3.05) is 13.1 Å². The first-order valence-electron chi connectivity index (χ1n) is 10.1. The second-order valence-electron chi connectivity index (χ2n) is 8.01. The molecule has 1 rings (SSSR count). The molecule has 0 saturated carbocycles. The monoisotopic (exact) mass is 427 g/mol. The van der Waals surface area contributed by atoms with Gasteiger partial charge in [-0.05, 0) is 39.0 Å². The Morgan fingerprint density at radius 1 is 1.07 bits per heavy atom. The maximum absolute atomic E-state index is 12.8. The van der Waals surface area contributed by atoms with Crippen molar-refractivity contribution in [2.24, 2.45) is 11.7 Å². The van der Waals surface area contributed by atoms with Crippen LogP contribution in [0.15, 0.2) is 0 Å². The third kappa shape index (κ3) is 7.62. The number of carbonyl (C=O) groups excluding carboxylic acids is 4. The molecule has 30 heavy (non-hydrogen) atoms. The Balaban J connectivity index is 2.77. The predicted molar refractivity (Wildman–Crippen MR) is 108 cm³/mol. The zero-order valence-corrected chi connectivity index (χ0v) is 17.9. The third-order valence-electron chi connectivity index (χ3n) is 4.74. The fraction of sp³-hybridized carbons (Fsp3) is 0.737. The first-order valence-corrected chi connectivity index (χ1v) is 10.1. The van der Waals surface area contributed by atoms with Crippen LogP contribution in [0, 0.1) is 5.92 Å². The van der Waals surface area contributed by atoms with Crippen molar-refractivity contribution in [2.45, 2.75) is 71.1 Å². The Bertz CT molecular complexity index is 666. The molecule has 0 unspecified atom stereocenters. The quantitative estimate of drug-likeness (QED) is 0.284. The molecule has 0 aromatic carbocycles. The number of nitrogens with zero attached hydrogens (tertiary/aromatic N) is 1. The number of carbonyl (C=O) groups is 5. The van der Waals surface area contributed by atoms with E-state index in [4.69, 9.17) is 10.8 Å². The lowest BCUT2D eigenvalue weighted by atomic mass is 10.0. The summed E-state index contributed by atoms with van der Waals surface area (Å²) in [5.74, 6) is -3.03. The van der Waals surface area contributed by atoms with Crippen LogP contribution in [-0.2, 0) is 24.0 Å². The highest BCUT2D eigenvalue weighted by atomic mass is 16.4. The van der Waals surface area contributed by atoms with Gasteiger partial charge in [0.2, 0.25) is 23.6 Å². The van der Waals surface area contributed by atoms with Crippen LogP contribution in [0.1, 0.15) is 47.0 Å². The molecule has 0 aromatic rings. The fourth-order valence-corrected chi connectivity index (χ4v) is 3.21. The zero-order chi connectivity index (χ0) is 23.0. The van der Waals surface area contributed by atoms with Gasteiger partial charge in [0.25, 0.3) is 0 Å². The molecule has 170 valence electrons. The molecule has 1 saturated heterocycles. The second kappa shape index (κ2) is 11.5. The maximum atomic E-state index is 12.8. The molecular formula is C19H33N5O6. The van der Waals surface area contributed by atoms with Gasteiger partial charge < -0.3 is 31.7 Å². The lowest BCUT2D eigenvalue weighted by molar-refractivity contribution is -0.142. The molecule has 6 N–H and O–H groups in total. The third-order valence-corrected chi connectivity index (χ3v) is 4.74. The fourth-order valence-electron chi connectivity index (χ4n) is 3.21. The molecule has 4 amide bonds. The summed E-state index contributed by atoms with van der Waals surface area (Å²) in [6.45, 7) is 6.62. The van der Waals surface area contributed by atoms with E-state index in [2.05, 4.69) is 16.0 Å². The number of rotatable bonds is 10. The summed E-state index contributed by atoms with van der Waals surface area (Å²) in [7, 11) is 0. The van der Waals surface area contributed by atoms with E-state index in [0.717, 1.165) is 0 Å². The number of aliphatic carboxylic acids is 1. The Hall–Kier alpha value is -2.69. The summed E-state index contributed by atoms with van der Waals surface area (Å²) in [6.07, 6.45) is 1.38.